The van der Waals surface area contributed by atoms with Gasteiger partial charge in [0.15, 0.2) is 0 Å². The first-order chi connectivity index (χ1) is 10.4. The molecule has 0 unspecified atom stereocenters. The molecule has 9 nitrogen and oxygen atoms in total. The smallest absolute Gasteiger partial charge is 0.293 e. The topological polar surface area (TPSA) is 144 Å². The average Bonchev–Trinajstić information content (AvgIpc) is 2.40. The van der Waals surface area contributed by atoms with Gasteiger partial charge in [-0.1, -0.05) is 20.8 Å². The van der Waals surface area contributed by atoms with Crippen LogP contribution in [0, 0.1) is 15.5 Å². The number of primary sulfonamides is 1. The second-order valence-corrected chi connectivity index (χ2v) is 7.48. The summed E-state index contributed by atoms with van der Waals surface area (Å²) >= 11 is 0. The second kappa shape index (κ2) is 6.92. The van der Waals surface area contributed by atoms with Crippen LogP contribution in [-0.2, 0) is 14.8 Å². The maximum atomic E-state index is 11.7. The third-order valence-corrected chi connectivity index (χ3v) is 3.81. The van der Waals surface area contributed by atoms with Gasteiger partial charge in [0.25, 0.3) is 5.69 Å². The molecule has 0 aliphatic rings. The molecule has 0 heterocycles. The van der Waals surface area contributed by atoms with Crippen LogP contribution in [0.3, 0.4) is 0 Å². The van der Waals surface area contributed by atoms with Gasteiger partial charge in [0.2, 0.25) is 15.9 Å². The molecule has 128 valence electrons. The van der Waals surface area contributed by atoms with E-state index in [2.05, 4.69) is 10.6 Å². The Kier molecular flexibility index (Phi) is 5.67. The molecule has 4 N–H and O–H groups in total. The van der Waals surface area contributed by atoms with Crippen molar-refractivity contribution in [3.63, 3.8) is 0 Å². The minimum Gasteiger partial charge on any atom is -0.378 e. The molecular weight excluding hydrogens is 324 g/mol. The normalized spacial score (nSPS) is 11.8. The van der Waals surface area contributed by atoms with E-state index in [0.717, 1.165) is 6.07 Å². The maximum Gasteiger partial charge on any atom is 0.293 e. The molecule has 0 fully saturated rings. The highest BCUT2D eigenvalue weighted by Gasteiger charge is 2.21. The fraction of sp³-hybridized carbons (Fsp3) is 0.462. The second-order valence-electron chi connectivity index (χ2n) is 5.91. The molecule has 1 rings (SSSR count). The fourth-order valence-corrected chi connectivity index (χ4v) is 2.16. The highest BCUT2D eigenvalue weighted by Crippen LogP contribution is 2.26. The number of nitrogens with zero attached hydrogens (tertiary/aromatic N) is 1. The number of nitrogens with two attached hydrogens (primary N) is 1. The molecule has 0 saturated carbocycles. The summed E-state index contributed by atoms with van der Waals surface area (Å²) in [6.07, 6.45) is 0. The van der Waals surface area contributed by atoms with Crippen LogP contribution in [-0.4, -0.2) is 32.3 Å². The summed E-state index contributed by atoms with van der Waals surface area (Å²) in [7, 11) is -4.02. The minimum absolute atomic E-state index is 0.140. The number of nitro groups is 1. The van der Waals surface area contributed by atoms with Gasteiger partial charge < -0.3 is 10.6 Å². The van der Waals surface area contributed by atoms with Crippen molar-refractivity contribution in [2.75, 3.05) is 18.4 Å². The lowest BCUT2D eigenvalue weighted by atomic mass is 9.96. The van der Waals surface area contributed by atoms with Gasteiger partial charge in [0.1, 0.15) is 5.69 Å². The summed E-state index contributed by atoms with van der Waals surface area (Å²) in [5, 5.41) is 21.5. The van der Waals surface area contributed by atoms with E-state index >= 15 is 0 Å². The van der Waals surface area contributed by atoms with Gasteiger partial charge in [-0.3, -0.25) is 14.9 Å². The Balaban J connectivity index is 2.78. The van der Waals surface area contributed by atoms with Crippen molar-refractivity contribution < 1.29 is 18.1 Å². The van der Waals surface area contributed by atoms with Gasteiger partial charge in [-0.15, -0.1) is 0 Å². The molecule has 1 amide bonds. The van der Waals surface area contributed by atoms with Crippen molar-refractivity contribution in [2.45, 2.75) is 25.7 Å². The first-order valence-electron chi connectivity index (χ1n) is 6.76. The van der Waals surface area contributed by atoms with Crippen LogP contribution < -0.4 is 15.8 Å². The Morgan fingerprint density at radius 3 is 2.39 bits per heavy atom. The van der Waals surface area contributed by atoms with Gasteiger partial charge in [-0.25, -0.2) is 13.6 Å². The number of benzene rings is 1. The summed E-state index contributed by atoms with van der Waals surface area (Å²) in [6.45, 7) is 5.83. The Labute approximate surface area is 134 Å². The van der Waals surface area contributed by atoms with Crippen molar-refractivity contribution >= 4 is 27.3 Å². The van der Waals surface area contributed by atoms with E-state index in [1.807, 2.05) is 0 Å². The van der Waals surface area contributed by atoms with E-state index in [9.17, 15) is 23.3 Å². The molecule has 0 radical (unpaired) electrons. The van der Waals surface area contributed by atoms with Crippen molar-refractivity contribution in [2.24, 2.45) is 10.6 Å². The van der Waals surface area contributed by atoms with Crippen molar-refractivity contribution in [1.29, 1.82) is 0 Å². The lowest BCUT2D eigenvalue weighted by molar-refractivity contribution is -0.384. The largest absolute Gasteiger partial charge is 0.378 e. The average molecular weight is 344 g/mol. The number of nitro benzene ring substituents is 1. The van der Waals surface area contributed by atoms with Gasteiger partial charge in [-0.05, 0) is 12.1 Å². The molecule has 0 bridgehead atoms. The van der Waals surface area contributed by atoms with E-state index in [-0.39, 0.29) is 29.6 Å². The zero-order valence-corrected chi connectivity index (χ0v) is 13.9. The fourth-order valence-electron chi connectivity index (χ4n) is 1.63. The van der Waals surface area contributed by atoms with Crippen LogP contribution in [0.15, 0.2) is 23.1 Å². The molecule has 0 aliphatic heterocycles. The van der Waals surface area contributed by atoms with Crippen LogP contribution in [0.4, 0.5) is 11.4 Å². The summed E-state index contributed by atoms with van der Waals surface area (Å²) in [6, 6.07) is 3.34. The summed E-state index contributed by atoms with van der Waals surface area (Å²) in [5.41, 5.74) is -0.783. The van der Waals surface area contributed by atoms with Gasteiger partial charge in [-0.2, -0.15) is 0 Å². The molecule has 23 heavy (non-hydrogen) atoms. The summed E-state index contributed by atoms with van der Waals surface area (Å²) in [5.74, 6) is -0.140. The predicted molar refractivity (Wildman–Crippen MR) is 85.4 cm³/mol. The quantitative estimate of drug-likeness (QED) is 0.396. The van der Waals surface area contributed by atoms with E-state index in [1.165, 1.54) is 12.1 Å². The van der Waals surface area contributed by atoms with Crippen LogP contribution in [0.1, 0.15) is 20.8 Å². The number of hydrogen-bond donors (Lipinski definition) is 3. The highest BCUT2D eigenvalue weighted by molar-refractivity contribution is 7.89. The molecule has 0 atom stereocenters. The van der Waals surface area contributed by atoms with E-state index in [1.54, 1.807) is 20.8 Å². The number of anilines is 1. The van der Waals surface area contributed by atoms with E-state index in [4.69, 9.17) is 5.14 Å². The van der Waals surface area contributed by atoms with E-state index < -0.39 is 26.0 Å². The third kappa shape index (κ3) is 5.49. The first-order valence-corrected chi connectivity index (χ1v) is 8.31. The van der Waals surface area contributed by atoms with Crippen LogP contribution in [0.5, 0.6) is 0 Å². The number of carbonyl (C=O) groups excluding carboxylic acids is 1. The third-order valence-electron chi connectivity index (χ3n) is 2.90. The lowest BCUT2D eigenvalue weighted by Crippen LogP contribution is -2.37. The van der Waals surface area contributed by atoms with Crippen LogP contribution in [0.2, 0.25) is 0 Å². The monoisotopic (exact) mass is 344 g/mol. The van der Waals surface area contributed by atoms with E-state index in [0.29, 0.717) is 0 Å². The number of rotatable bonds is 6. The Bertz CT molecular complexity index is 710. The summed E-state index contributed by atoms with van der Waals surface area (Å²) < 4.78 is 22.5. The molecule has 0 saturated heterocycles. The van der Waals surface area contributed by atoms with Gasteiger partial charge in [0.05, 0.1) is 9.82 Å². The molecule has 0 spiro atoms. The molecule has 1 aromatic rings. The number of nitrogens with one attached hydrogen (secondary N) is 2. The highest BCUT2D eigenvalue weighted by atomic mass is 32.2. The Hall–Kier alpha value is -2.20. The minimum atomic E-state index is -4.02. The molecule has 1 aromatic carbocycles. The number of amides is 1. The molecule has 0 aromatic heterocycles. The molecular formula is C13H20N4O5S. The molecule has 10 heteroatoms. The van der Waals surface area contributed by atoms with Crippen molar-refractivity contribution in [3.8, 4) is 0 Å². The first kappa shape index (κ1) is 18.8. The van der Waals surface area contributed by atoms with Crippen LogP contribution >= 0.6 is 0 Å². The molecule has 0 aliphatic carbocycles. The lowest BCUT2D eigenvalue weighted by Gasteiger charge is -2.17. The SMILES string of the molecule is CC(C)(C)C(=O)NCCNc1ccc(S(N)(=O)=O)cc1[N+](=O)[O-]. The van der Waals surface area contributed by atoms with Crippen molar-refractivity contribution in [3.05, 3.63) is 28.3 Å². The summed E-state index contributed by atoms with van der Waals surface area (Å²) in [4.78, 5) is 21.7. The van der Waals surface area contributed by atoms with Gasteiger partial charge in [0, 0.05) is 24.6 Å². The number of sulfonamides is 1. The predicted octanol–water partition coefficient (Wildman–Crippen LogP) is 0.816. The van der Waals surface area contributed by atoms with Crippen LogP contribution in [0.25, 0.3) is 0 Å². The zero-order valence-electron chi connectivity index (χ0n) is 13.1. The zero-order chi connectivity index (χ0) is 17.8. The number of hydrogen-bond acceptors (Lipinski definition) is 6. The van der Waals surface area contributed by atoms with Gasteiger partial charge >= 0.3 is 0 Å². The standard InChI is InChI=1S/C13H20N4O5S/c1-13(2,3)12(18)16-7-6-15-10-5-4-9(23(14,21)22)8-11(10)17(19)20/h4-5,8,15H,6-7H2,1-3H3,(H,16,18)(H2,14,21,22). The number of carbonyl (C=O) groups is 1. The maximum absolute atomic E-state index is 11.7. The Morgan fingerprint density at radius 1 is 1.30 bits per heavy atom. The Morgan fingerprint density at radius 2 is 1.91 bits per heavy atom. The van der Waals surface area contributed by atoms with Crippen molar-refractivity contribution in [1.82, 2.24) is 5.32 Å².